The summed E-state index contributed by atoms with van der Waals surface area (Å²) in [7, 11) is -3.84. The number of fused-ring (bicyclic) bond motifs is 1. The van der Waals surface area contributed by atoms with Crippen molar-refractivity contribution in [3.8, 4) is 22.8 Å². The second-order valence-corrected chi connectivity index (χ2v) is 9.30. The van der Waals surface area contributed by atoms with Crippen molar-refractivity contribution >= 4 is 33.0 Å². The largest absolute Gasteiger partial charge is 0.326 e. The first-order valence-electron chi connectivity index (χ1n) is 10.5. The fourth-order valence-corrected chi connectivity index (χ4v) is 4.52. The van der Waals surface area contributed by atoms with Gasteiger partial charge < -0.3 is 5.32 Å². The maximum Gasteiger partial charge on any atom is 0.261 e. The van der Waals surface area contributed by atoms with Gasteiger partial charge in [0.2, 0.25) is 11.7 Å². The first-order chi connectivity index (χ1) is 16.9. The number of hydrogen-bond acceptors (Lipinski definition) is 7. The zero-order valence-corrected chi connectivity index (χ0v) is 19.3. The molecule has 3 heterocycles. The van der Waals surface area contributed by atoms with Gasteiger partial charge in [0.1, 0.15) is 5.69 Å². The molecule has 0 saturated heterocycles. The van der Waals surface area contributed by atoms with Crippen LogP contribution in [-0.4, -0.2) is 39.1 Å². The number of benzene rings is 2. The average Bonchev–Trinajstić information content (AvgIpc) is 3.28. The van der Waals surface area contributed by atoms with Crippen LogP contribution >= 0.6 is 0 Å². The van der Waals surface area contributed by atoms with Crippen molar-refractivity contribution in [2.75, 3.05) is 10.0 Å². The Morgan fingerprint density at radius 2 is 1.69 bits per heavy atom. The molecule has 0 aliphatic rings. The topological polar surface area (TPSA) is 131 Å². The summed E-state index contributed by atoms with van der Waals surface area (Å²) in [4.78, 5) is 15.6. The minimum atomic E-state index is -3.84. The zero-order chi connectivity index (χ0) is 24.4. The molecule has 11 heteroatoms. The van der Waals surface area contributed by atoms with E-state index in [1.165, 1.54) is 31.2 Å². The number of sulfonamides is 1. The van der Waals surface area contributed by atoms with E-state index in [4.69, 9.17) is 0 Å². The lowest BCUT2D eigenvalue weighted by molar-refractivity contribution is -0.114. The van der Waals surface area contributed by atoms with Crippen molar-refractivity contribution in [3.05, 3.63) is 85.1 Å². The van der Waals surface area contributed by atoms with Crippen LogP contribution in [0.4, 0.5) is 11.4 Å². The molecule has 0 spiro atoms. The molecule has 0 radical (unpaired) electrons. The molecular weight excluding hydrogens is 466 g/mol. The molecule has 2 aromatic carbocycles. The predicted octanol–water partition coefficient (Wildman–Crippen LogP) is 3.61. The van der Waals surface area contributed by atoms with Crippen LogP contribution in [0.2, 0.25) is 0 Å². The third kappa shape index (κ3) is 4.70. The van der Waals surface area contributed by atoms with Gasteiger partial charge in [-0.25, -0.2) is 8.42 Å². The van der Waals surface area contributed by atoms with Crippen LogP contribution in [0.15, 0.2) is 90.0 Å². The number of hydrogen-bond donors (Lipinski definition) is 2. The highest BCUT2D eigenvalue weighted by molar-refractivity contribution is 7.92. The Morgan fingerprint density at radius 3 is 2.43 bits per heavy atom. The molecule has 174 valence electrons. The lowest BCUT2D eigenvalue weighted by Gasteiger charge is -2.10. The minimum Gasteiger partial charge on any atom is -0.326 e. The van der Waals surface area contributed by atoms with Crippen LogP contribution in [0, 0.1) is 0 Å². The molecule has 5 aromatic rings. The van der Waals surface area contributed by atoms with E-state index in [1.54, 1.807) is 41.0 Å². The average molecular weight is 486 g/mol. The SMILES string of the molecule is CC(=O)Nc1ccc(S(=O)(=O)Nc2cccc(-c3ccc4nnc(-c5ccccn5)n4n3)c2)cc1. The van der Waals surface area contributed by atoms with Gasteiger partial charge in [-0.3, -0.25) is 14.5 Å². The molecule has 5 rings (SSSR count). The van der Waals surface area contributed by atoms with Gasteiger partial charge in [-0.05, 0) is 60.7 Å². The summed E-state index contributed by atoms with van der Waals surface area (Å²) in [5.41, 5.74) is 3.40. The molecule has 0 bridgehead atoms. The summed E-state index contributed by atoms with van der Waals surface area (Å²) >= 11 is 0. The molecule has 10 nitrogen and oxygen atoms in total. The molecule has 0 aliphatic carbocycles. The summed E-state index contributed by atoms with van der Waals surface area (Å²) < 4.78 is 30.0. The van der Waals surface area contributed by atoms with Crippen molar-refractivity contribution in [1.82, 2.24) is 24.8 Å². The van der Waals surface area contributed by atoms with Crippen LogP contribution in [0.1, 0.15) is 6.92 Å². The van der Waals surface area contributed by atoms with E-state index >= 15 is 0 Å². The Bertz CT molecular complexity index is 1630. The fraction of sp³-hybridized carbons (Fsp3) is 0.0417. The van der Waals surface area contributed by atoms with Gasteiger partial charge >= 0.3 is 0 Å². The molecule has 0 fully saturated rings. The molecule has 0 atom stereocenters. The van der Waals surface area contributed by atoms with Gasteiger partial charge in [0.15, 0.2) is 5.65 Å². The predicted molar refractivity (Wildman–Crippen MR) is 131 cm³/mol. The van der Waals surface area contributed by atoms with Gasteiger partial charge in [0.25, 0.3) is 10.0 Å². The summed E-state index contributed by atoms with van der Waals surface area (Å²) in [5, 5.41) is 15.6. The molecule has 2 N–H and O–H groups in total. The van der Waals surface area contributed by atoms with Crippen molar-refractivity contribution < 1.29 is 13.2 Å². The molecule has 35 heavy (non-hydrogen) atoms. The monoisotopic (exact) mass is 485 g/mol. The van der Waals surface area contributed by atoms with E-state index in [9.17, 15) is 13.2 Å². The van der Waals surface area contributed by atoms with Crippen LogP contribution in [-0.2, 0) is 14.8 Å². The van der Waals surface area contributed by atoms with Gasteiger partial charge in [0.05, 0.1) is 10.6 Å². The third-order valence-corrected chi connectivity index (χ3v) is 6.45. The molecule has 1 amide bonds. The summed E-state index contributed by atoms with van der Waals surface area (Å²) in [6.07, 6.45) is 1.67. The Hall–Kier alpha value is -4.64. The Morgan fingerprint density at radius 1 is 0.857 bits per heavy atom. The van der Waals surface area contributed by atoms with E-state index in [0.29, 0.717) is 39.8 Å². The van der Waals surface area contributed by atoms with Crippen molar-refractivity contribution in [2.45, 2.75) is 11.8 Å². The molecule has 3 aromatic heterocycles. The number of pyridine rings is 1. The van der Waals surface area contributed by atoms with Gasteiger partial charge in [-0.15, -0.1) is 10.2 Å². The van der Waals surface area contributed by atoms with Crippen molar-refractivity contribution in [1.29, 1.82) is 0 Å². The van der Waals surface area contributed by atoms with Gasteiger partial charge in [-0.1, -0.05) is 18.2 Å². The Balaban J connectivity index is 1.43. The van der Waals surface area contributed by atoms with E-state index in [2.05, 4.69) is 30.3 Å². The number of carbonyl (C=O) groups excluding carboxylic acids is 1. The maximum atomic E-state index is 12.9. The second-order valence-electron chi connectivity index (χ2n) is 7.62. The Labute approximate surface area is 200 Å². The van der Waals surface area contributed by atoms with Crippen LogP contribution in [0.25, 0.3) is 28.4 Å². The quantitative estimate of drug-likeness (QED) is 0.376. The number of aromatic nitrogens is 5. The maximum absolute atomic E-state index is 12.9. The van der Waals surface area contributed by atoms with Crippen molar-refractivity contribution in [2.24, 2.45) is 0 Å². The fourth-order valence-electron chi connectivity index (χ4n) is 3.47. The number of anilines is 2. The van der Waals surface area contributed by atoms with Crippen LogP contribution < -0.4 is 10.0 Å². The highest BCUT2D eigenvalue weighted by Crippen LogP contribution is 2.25. The highest BCUT2D eigenvalue weighted by Gasteiger charge is 2.16. The number of rotatable bonds is 6. The minimum absolute atomic E-state index is 0.0704. The zero-order valence-electron chi connectivity index (χ0n) is 18.5. The van der Waals surface area contributed by atoms with E-state index in [-0.39, 0.29) is 10.8 Å². The number of nitrogens with zero attached hydrogens (tertiary/aromatic N) is 5. The molecule has 0 aliphatic heterocycles. The lowest BCUT2D eigenvalue weighted by atomic mass is 10.1. The molecule has 0 saturated carbocycles. The first kappa shape index (κ1) is 22.2. The Kier molecular flexibility index (Phi) is 5.67. The summed E-state index contributed by atoms with van der Waals surface area (Å²) in [5.74, 6) is 0.267. The first-order valence-corrected chi connectivity index (χ1v) is 12.0. The number of amides is 1. The second kappa shape index (κ2) is 8.95. The molecular formula is C24H19N7O3S. The number of carbonyl (C=O) groups is 1. The van der Waals surface area contributed by atoms with E-state index in [0.717, 1.165) is 0 Å². The molecule has 0 unspecified atom stereocenters. The normalized spacial score (nSPS) is 11.3. The standard InChI is InChI=1S/C24H19N7O3S/c1-16(32)26-18-8-10-20(11-9-18)35(33,34)30-19-6-4-5-17(15-19)21-12-13-23-27-28-24(31(23)29-21)22-7-2-3-14-25-22/h2-15,30H,1H3,(H,26,32). The third-order valence-electron chi connectivity index (χ3n) is 5.05. The van der Waals surface area contributed by atoms with Crippen LogP contribution in [0.5, 0.6) is 0 Å². The summed E-state index contributed by atoms with van der Waals surface area (Å²) in [6, 6.07) is 21.9. The van der Waals surface area contributed by atoms with Crippen LogP contribution in [0.3, 0.4) is 0 Å². The smallest absolute Gasteiger partial charge is 0.261 e. The highest BCUT2D eigenvalue weighted by atomic mass is 32.2. The lowest BCUT2D eigenvalue weighted by Crippen LogP contribution is -2.13. The van der Waals surface area contributed by atoms with Gasteiger partial charge in [-0.2, -0.15) is 9.61 Å². The summed E-state index contributed by atoms with van der Waals surface area (Å²) in [6.45, 7) is 1.38. The van der Waals surface area contributed by atoms with Gasteiger partial charge in [0, 0.05) is 30.1 Å². The van der Waals surface area contributed by atoms with E-state index in [1.807, 2.05) is 24.3 Å². The number of nitrogens with one attached hydrogen (secondary N) is 2. The van der Waals surface area contributed by atoms with Crippen molar-refractivity contribution in [3.63, 3.8) is 0 Å². The van der Waals surface area contributed by atoms with E-state index < -0.39 is 10.0 Å².